The van der Waals surface area contributed by atoms with Gasteiger partial charge in [-0.3, -0.25) is 0 Å². The van der Waals surface area contributed by atoms with Gasteiger partial charge in [0.2, 0.25) is 0 Å². The topological polar surface area (TPSA) is 26.0 Å². The molecule has 0 radical (unpaired) electrons. The van der Waals surface area contributed by atoms with E-state index in [9.17, 15) is 0 Å². The molecule has 0 fully saturated rings. The first-order valence-corrected chi connectivity index (χ1v) is 4.88. The molecule has 68 valence electrons. The molecular formula is C12H15N. The van der Waals surface area contributed by atoms with Gasteiger partial charge >= 0.3 is 0 Å². The quantitative estimate of drug-likeness (QED) is 0.728. The number of aryl methyl sites for hydroxylation is 1. The van der Waals surface area contributed by atoms with Gasteiger partial charge in [0.05, 0.1) is 0 Å². The lowest BCUT2D eigenvalue weighted by Gasteiger charge is -2.11. The lowest BCUT2D eigenvalue weighted by atomic mass is 9.95. The van der Waals surface area contributed by atoms with Crippen LogP contribution in [-0.2, 0) is 12.8 Å². The SMILES string of the molecule is NCCc1ccc2c(c1)C=CCC2. The molecule has 0 saturated carbocycles. The van der Waals surface area contributed by atoms with Gasteiger partial charge in [0.1, 0.15) is 0 Å². The van der Waals surface area contributed by atoms with Crippen molar-refractivity contribution in [1.29, 1.82) is 0 Å². The van der Waals surface area contributed by atoms with E-state index in [2.05, 4.69) is 30.4 Å². The van der Waals surface area contributed by atoms with Gasteiger partial charge in [0.15, 0.2) is 0 Å². The lowest BCUT2D eigenvalue weighted by molar-refractivity contribution is 0.950. The summed E-state index contributed by atoms with van der Waals surface area (Å²) in [5.74, 6) is 0. The molecule has 0 spiro atoms. The van der Waals surface area contributed by atoms with E-state index in [1.54, 1.807) is 0 Å². The fraction of sp³-hybridized carbons (Fsp3) is 0.333. The number of benzene rings is 1. The molecule has 0 aliphatic heterocycles. The lowest BCUT2D eigenvalue weighted by Crippen LogP contribution is -2.03. The molecule has 1 aromatic carbocycles. The third-order valence-electron chi connectivity index (χ3n) is 2.52. The van der Waals surface area contributed by atoms with Crippen LogP contribution in [-0.4, -0.2) is 6.54 Å². The van der Waals surface area contributed by atoms with E-state index in [0.29, 0.717) is 0 Å². The molecule has 0 unspecified atom stereocenters. The monoisotopic (exact) mass is 173 g/mol. The van der Waals surface area contributed by atoms with Crippen molar-refractivity contribution in [2.75, 3.05) is 6.54 Å². The fourth-order valence-electron chi connectivity index (χ4n) is 1.80. The van der Waals surface area contributed by atoms with Crippen molar-refractivity contribution in [3.63, 3.8) is 0 Å². The van der Waals surface area contributed by atoms with Crippen LogP contribution in [0.2, 0.25) is 0 Å². The summed E-state index contributed by atoms with van der Waals surface area (Å²) >= 11 is 0. The van der Waals surface area contributed by atoms with Crippen LogP contribution in [0, 0.1) is 0 Å². The van der Waals surface area contributed by atoms with Gasteiger partial charge in [-0.25, -0.2) is 0 Å². The Bertz CT molecular complexity index is 326. The molecule has 0 amide bonds. The zero-order valence-electron chi connectivity index (χ0n) is 7.79. The molecule has 2 N–H and O–H groups in total. The van der Waals surface area contributed by atoms with Crippen LogP contribution in [0.15, 0.2) is 24.3 Å². The minimum absolute atomic E-state index is 0.739. The third kappa shape index (κ3) is 1.81. The van der Waals surface area contributed by atoms with Crippen molar-refractivity contribution < 1.29 is 0 Å². The van der Waals surface area contributed by atoms with Crippen LogP contribution in [0.5, 0.6) is 0 Å². The summed E-state index contributed by atoms with van der Waals surface area (Å²) in [7, 11) is 0. The molecule has 1 aliphatic rings. The first kappa shape index (κ1) is 8.52. The van der Waals surface area contributed by atoms with Crippen LogP contribution >= 0.6 is 0 Å². The van der Waals surface area contributed by atoms with Crippen molar-refractivity contribution in [1.82, 2.24) is 0 Å². The highest BCUT2D eigenvalue weighted by atomic mass is 14.5. The molecule has 1 aromatic rings. The first-order valence-electron chi connectivity index (χ1n) is 4.88. The average molecular weight is 173 g/mol. The summed E-state index contributed by atoms with van der Waals surface area (Å²) in [5, 5.41) is 0. The summed E-state index contributed by atoms with van der Waals surface area (Å²) in [4.78, 5) is 0. The molecule has 0 heterocycles. The Hall–Kier alpha value is -1.08. The van der Waals surface area contributed by atoms with Crippen LogP contribution in [0.4, 0.5) is 0 Å². The maximum Gasteiger partial charge on any atom is -0.00367 e. The largest absolute Gasteiger partial charge is 0.330 e. The van der Waals surface area contributed by atoms with Gasteiger partial charge in [-0.05, 0) is 42.5 Å². The highest BCUT2D eigenvalue weighted by Gasteiger charge is 2.04. The van der Waals surface area contributed by atoms with Crippen molar-refractivity contribution in [3.05, 3.63) is 41.0 Å². The van der Waals surface area contributed by atoms with E-state index in [1.165, 1.54) is 29.5 Å². The maximum absolute atomic E-state index is 5.52. The summed E-state index contributed by atoms with van der Waals surface area (Å²) in [6, 6.07) is 6.70. The first-order chi connectivity index (χ1) is 6.40. The molecule has 1 heteroatoms. The molecule has 2 rings (SSSR count). The number of hydrogen-bond acceptors (Lipinski definition) is 1. The van der Waals surface area contributed by atoms with Crippen molar-refractivity contribution in [2.24, 2.45) is 5.73 Å². The van der Waals surface area contributed by atoms with Crippen molar-refractivity contribution in [3.8, 4) is 0 Å². The van der Waals surface area contributed by atoms with Gasteiger partial charge in [-0.1, -0.05) is 30.4 Å². The Labute approximate surface area is 79.3 Å². The summed E-state index contributed by atoms with van der Waals surface area (Å²) < 4.78 is 0. The van der Waals surface area contributed by atoms with Gasteiger partial charge < -0.3 is 5.73 Å². The minimum Gasteiger partial charge on any atom is -0.330 e. The summed E-state index contributed by atoms with van der Waals surface area (Å²) in [6.45, 7) is 0.739. The molecule has 13 heavy (non-hydrogen) atoms. The second-order valence-electron chi connectivity index (χ2n) is 3.51. The van der Waals surface area contributed by atoms with Gasteiger partial charge in [-0.15, -0.1) is 0 Å². The smallest absolute Gasteiger partial charge is 0.00367 e. The Balaban J connectivity index is 2.31. The molecule has 0 saturated heterocycles. The standard InChI is InChI=1S/C12H15N/c13-8-7-10-5-6-11-3-1-2-4-12(11)9-10/h2,4-6,9H,1,3,7-8,13H2. The van der Waals surface area contributed by atoms with Gasteiger partial charge in [-0.2, -0.15) is 0 Å². The number of fused-ring (bicyclic) bond motifs is 1. The Morgan fingerprint density at radius 1 is 1.31 bits per heavy atom. The highest BCUT2D eigenvalue weighted by molar-refractivity contribution is 5.57. The van der Waals surface area contributed by atoms with Gasteiger partial charge in [0.25, 0.3) is 0 Å². The van der Waals surface area contributed by atoms with Crippen molar-refractivity contribution in [2.45, 2.75) is 19.3 Å². The van der Waals surface area contributed by atoms with Crippen molar-refractivity contribution >= 4 is 6.08 Å². The third-order valence-corrected chi connectivity index (χ3v) is 2.52. The van der Waals surface area contributed by atoms with E-state index in [4.69, 9.17) is 5.73 Å². The Kier molecular flexibility index (Phi) is 2.46. The predicted molar refractivity (Wildman–Crippen MR) is 56.6 cm³/mol. The highest BCUT2D eigenvalue weighted by Crippen LogP contribution is 2.20. The normalized spacial score (nSPS) is 14.2. The van der Waals surface area contributed by atoms with E-state index < -0.39 is 0 Å². The van der Waals surface area contributed by atoms with Crippen LogP contribution in [0.25, 0.3) is 6.08 Å². The predicted octanol–water partition coefficient (Wildman–Crippen LogP) is 2.15. The van der Waals surface area contributed by atoms with E-state index >= 15 is 0 Å². The molecular weight excluding hydrogens is 158 g/mol. The van der Waals surface area contributed by atoms with Gasteiger partial charge in [0, 0.05) is 0 Å². The van der Waals surface area contributed by atoms with Crippen LogP contribution in [0.3, 0.4) is 0 Å². The van der Waals surface area contributed by atoms with E-state index in [1.807, 2.05) is 0 Å². The second kappa shape index (κ2) is 3.75. The Morgan fingerprint density at radius 3 is 3.08 bits per heavy atom. The number of nitrogens with two attached hydrogens (primary N) is 1. The summed E-state index contributed by atoms with van der Waals surface area (Å²) in [6.07, 6.45) is 7.83. The average Bonchev–Trinajstić information content (AvgIpc) is 2.18. The fourth-order valence-corrected chi connectivity index (χ4v) is 1.80. The number of hydrogen-bond donors (Lipinski definition) is 1. The maximum atomic E-state index is 5.52. The number of allylic oxidation sites excluding steroid dienone is 1. The van der Waals surface area contributed by atoms with Crippen LogP contribution < -0.4 is 5.73 Å². The van der Waals surface area contributed by atoms with E-state index in [-0.39, 0.29) is 0 Å². The van der Waals surface area contributed by atoms with E-state index in [0.717, 1.165) is 13.0 Å². The number of rotatable bonds is 2. The zero-order chi connectivity index (χ0) is 9.10. The molecule has 1 aliphatic carbocycles. The second-order valence-corrected chi connectivity index (χ2v) is 3.51. The minimum atomic E-state index is 0.739. The van der Waals surface area contributed by atoms with Crippen LogP contribution in [0.1, 0.15) is 23.1 Å². The molecule has 0 aromatic heterocycles. The summed E-state index contributed by atoms with van der Waals surface area (Å²) in [5.41, 5.74) is 9.73. The Morgan fingerprint density at radius 2 is 2.23 bits per heavy atom. The molecule has 0 atom stereocenters. The molecule has 0 bridgehead atoms. The zero-order valence-corrected chi connectivity index (χ0v) is 7.79. The molecule has 1 nitrogen and oxygen atoms in total.